The minimum absolute atomic E-state index is 0.00329. The lowest BCUT2D eigenvalue weighted by Crippen LogP contribution is -2.33. The van der Waals surface area contributed by atoms with Gasteiger partial charge in [0, 0.05) is 12.5 Å². The molecule has 0 saturated heterocycles. The molecule has 0 aromatic carbocycles. The third kappa shape index (κ3) is 3.04. The Hall–Kier alpha value is -0.340. The van der Waals surface area contributed by atoms with Gasteiger partial charge in [-0.2, -0.15) is 0 Å². The van der Waals surface area contributed by atoms with Crippen LogP contribution in [0.5, 0.6) is 0 Å². The summed E-state index contributed by atoms with van der Waals surface area (Å²) < 4.78 is 0. The molecular weight excluding hydrogens is 140 g/mol. The van der Waals surface area contributed by atoms with E-state index in [1.165, 1.54) is 6.08 Å². The van der Waals surface area contributed by atoms with Gasteiger partial charge < -0.3 is 10.2 Å². The molecule has 0 aromatic rings. The van der Waals surface area contributed by atoms with E-state index >= 15 is 0 Å². The summed E-state index contributed by atoms with van der Waals surface area (Å²) >= 11 is 0. The maximum atomic E-state index is 9.38. The average molecular weight is 158 g/mol. The van der Waals surface area contributed by atoms with E-state index in [1.54, 1.807) is 0 Å². The molecule has 0 spiro atoms. The molecule has 0 aliphatic rings. The first-order valence-electron chi connectivity index (χ1n) is 3.85. The smallest absolute Gasteiger partial charge is 0.0773 e. The van der Waals surface area contributed by atoms with Gasteiger partial charge in [0.2, 0.25) is 0 Å². The standard InChI is InChI=1S/C9H18O2/c1-5-8(11)7(6-10)9(2,3)4/h5,7-8,10-11H,1,6H2,2-4H3. The van der Waals surface area contributed by atoms with Crippen molar-refractivity contribution in [3.05, 3.63) is 12.7 Å². The Morgan fingerprint density at radius 1 is 1.45 bits per heavy atom. The topological polar surface area (TPSA) is 40.5 Å². The second-order valence-corrected chi connectivity index (χ2v) is 3.88. The number of hydrogen-bond donors (Lipinski definition) is 2. The summed E-state index contributed by atoms with van der Waals surface area (Å²) in [6.45, 7) is 9.44. The van der Waals surface area contributed by atoms with Crippen molar-refractivity contribution in [2.45, 2.75) is 26.9 Å². The molecule has 66 valence electrons. The van der Waals surface area contributed by atoms with Crippen LogP contribution in [0.3, 0.4) is 0 Å². The Bertz CT molecular complexity index is 124. The van der Waals surface area contributed by atoms with Crippen molar-refractivity contribution < 1.29 is 10.2 Å². The lowest BCUT2D eigenvalue weighted by molar-refractivity contribution is 0.0321. The van der Waals surface area contributed by atoms with Crippen LogP contribution in [0.1, 0.15) is 20.8 Å². The van der Waals surface area contributed by atoms with Gasteiger partial charge in [-0.05, 0) is 5.41 Å². The predicted octanol–water partition coefficient (Wildman–Crippen LogP) is 1.19. The quantitative estimate of drug-likeness (QED) is 0.606. The number of aliphatic hydroxyl groups is 2. The van der Waals surface area contributed by atoms with E-state index in [9.17, 15) is 5.11 Å². The molecule has 0 heterocycles. The molecule has 0 amide bonds. The van der Waals surface area contributed by atoms with Crippen LogP contribution < -0.4 is 0 Å². The van der Waals surface area contributed by atoms with Crippen LogP contribution in [0.15, 0.2) is 12.7 Å². The predicted molar refractivity (Wildman–Crippen MR) is 46.2 cm³/mol. The van der Waals surface area contributed by atoms with E-state index < -0.39 is 6.10 Å². The van der Waals surface area contributed by atoms with Gasteiger partial charge in [-0.15, -0.1) is 6.58 Å². The molecule has 2 atom stereocenters. The normalized spacial score (nSPS) is 17.5. The van der Waals surface area contributed by atoms with Crippen molar-refractivity contribution >= 4 is 0 Å². The first-order chi connectivity index (χ1) is 4.93. The Balaban J connectivity index is 4.27. The van der Waals surface area contributed by atoms with Gasteiger partial charge in [-0.3, -0.25) is 0 Å². The van der Waals surface area contributed by atoms with Crippen LogP contribution in [0.25, 0.3) is 0 Å². The Morgan fingerprint density at radius 2 is 1.91 bits per heavy atom. The Labute approximate surface area is 68.6 Å². The molecule has 0 fully saturated rings. The van der Waals surface area contributed by atoms with E-state index in [0.717, 1.165) is 0 Å². The van der Waals surface area contributed by atoms with E-state index in [2.05, 4.69) is 6.58 Å². The van der Waals surface area contributed by atoms with Crippen molar-refractivity contribution in [3.8, 4) is 0 Å². The zero-order valence-electron chi connectivity index (χ0n) is 7.54. The Kier molecular flexibility index (Phi) is 3.76. The molecule has 2 nitrogen and oxygen atoms in total. The SMILES string of the molecule is C=CC(O)C(CO)C(C)(C)C. The van der Waals surface area contributed by atoms with E-state index in [0.29, 0.717) is 0 Å². The molecular formula is C9H18O2. The zero-order valence-corrected chi connectivity index (χ0v) is 7.54. The lowest BCUT2D eigenvalue weighted by atomic mass is 9.78. The number of hydrogen-bond acceptors (Lipinski definition) is 2. The van der Waals surface area contributed by atoms with E-state index in [1.807, 2.05) is 20.8 Å². The van der Waals surface area contributed by atoms with Crippen molar-refractivity contribution in [1.29, 1.82) is 0 Å². The van der Waals surface area contributed by atoms with Gasteiger partial charge in [0.15, 0.2) is 0 Å². The molecule has 2 heteroatoms. The van der Waals surface area contributed by atoms with Crippen molar-refractivity contribution in [1.82, 2.24) is 0 Å². The second kappa shape index (κ2) is 3.88. The average Bonchev–Trinajstić information content (AvgIpc) is 1.86. The first kappa shape index (κ1) is 10.7. The van der Waals surface area contributed by atoms with Crippen LogP contribution in [-0.4, -0.2) is 22.9 Å². The summed E-state index contributed by atoms with van der Waals surface area (Å²) in [7, 11) is 0. The van der Waals surface area contributed by atoms with Gasteiger partial charge in [-0.25, -0.2) is 0 Å². The molecule has 0 radical (unpaired) electrons. The highest BCUT2D eigenvalue weighted by Crippen LogP contribution is 2.28. The highest BCUT2D eigenvalue weighted by molar-refractivity contribution is 4.89. The summed E-state index contributed by atoms with van der Waals surface area (Å²) in [6, 6.07) is 0. The maximum absolute atomic E-state index is 9.38. The Morgan fingerprint density at radius 3 is 2.00 bits per heavy atom. The van der Waals surface area contributed by atoms with Crippen molar-refractivity contribution in [2.24, 2.45) is 11.3 Å². The van der Waals surface area contributed by atoms with Gasteiger partial charge >= 0.3 is 0 Å². The van der Waals surface area contributed by atoms with Crippen LogP contribution in [0.4, 0.5) is 0 Å². The fraction of sp³-hybridized carbons (Fsp3) is 0.778. The zero-order chi connectivity index (χ0) is 9.07. The molecule has 11 heavy (non-hydrogen) atoms. The maximum Gasteiger partial charge on any atom is 0.0773 e. The van der Waals surface area contributed by atoms with E-state index in [4.69, 9.17) is 5.11 Å². The van der Waals surface area contributed by atoms with Gasteiger partial charge in [0.25, 0.3) is 0 Å². The molecule has 0 aromatic heterocycles. The minimum Gasteiger partial charge on any atom is -0.396 e. The molecule has 0 saturated carbocycles. The minimum atomic E-state index is -0.611. The van der Waals surface area contributed by atoms with Gasteiger partial charge in [0.05, 0.1) is 6.10 Å². The van der Waals surface area contributed by atoms with Gasteiger partial charge in [0.1, 0.15) is 0 Å². The molecule has 0 aliphatic heterocycles. The third-order valence-corrected chi connectivity index (χ3v) is 1.96. The molecule has 2 N–H and O–H groups in total. The summed E-state index contributed by atoms with van der Waals surface area (Å²) in [6.07, 6.45) is 0.853. The summed E-state index contributed by atoms with van der Waals surface area (Å²) in [5.74, 6) is -0.125. The summed E-state index contributed by atoms with van der Waals surface area (Å²) in [5, 5.41) is 18.3. The molecule has 0 bridgehead atoms. The van der Waals surface area contributed by atoms with Gasteiger partial charge in [-0.1, -0.05) is 26.8 Å². The van der Waals surface area contributed by atoms with Crippen molar-refractivity contribution in [3.63, 3.8) is 0 Å². The van der Waals surface area contributed by atoms with Crippen molar-refractivity contribution in [2.75, 3.05) is 6.61 Å². The molecule has 2 unspecified atom stereocenters. The lowest BCUT2D eigenvalue weighted by Gasteiger charge is -2.31. The largest absolute Gasteiger partial charge is 0.396 e. The van der Waals surface area contributed by atoms with Crippen LogP contribution >= 0.6 is 0 Å². The summed E-state index contributed by atoms with van der Waals surface area (Å²) in [4.78, 5) is 0. The number of rotatable bonds is 3. The summed E-state index contributed by atoms with van der Waals surface area (Å²) in [5.41, 5.74) is -0.0810. The highest BCUT2D eigenvalue weighted by atomic mass is 16.3. The van der Waals surface area contributed by atoms with Crippen LogP contribution in [0, 0.1) is 11.3 Å². The third-order valence-electron chi connectivity index (χ3n) is 1.96. The van der Waals surface area contributed by atoms with Crippen LogP contribution in [-0.2, 0) is 0 Å². The first-order valence-corrected chi connectivity index (χ1v) is 3.85. The molecule has 0 rings (SSSR count). The second-order valence-electron chi connectivity index (χ2n) is 3.88. The molecule has 0 aliphatic carbocycles. The monoisotopic (exact) mass is 158 g/mol. The van der Waals surface area contributed by atoms with E-state index in [-0.39, 0.29) is 17.9 Å². The number of aliphatic hydroxyl groups excluding tert-OH is 2. The fourth-order valence-electron chi connectivity index (χ4n) is 1.06. The fourth-order valence-corrected chi connectivity index (χ4v) is 1.06. The highest BCUT2D eigenvalue weighted by Gasteiger charge is 2.28. The van der Waals surface area contributed by atoms with Crippen LogP contribution in [0.2, 0.25) is 0 Å².